The molecule has 0 aliphatic heterocycles. The molecule has 3 aromatic heterocycles. The van der Waals surface area contributed by atoms with E-state index in [4.69, 9.17) is 4.42 Å². The van der Waals surface area contributed by atoms with Crippen LogP contribution in [0.3, 0.4) is 0 Å². The number of fused-ring (bicyclic) bond motifs is 12. The molecule has 0 amide bonds. The van der Waals surface area contributed by atoms with Gasteiger partial charge in [-0.3, -0.25) is 0 Å². The molecule has 0 spiro atoms. The SMILES string of the molecule is Cc1cccc(C2Cc3ccccc3-c3c(-c4cccc5c4c4ccccc4n5-c4cc(-c5cccc6c5oc5ccccc56)c5sc6ccccc6c5c4)cccc3C2C)c1. The van der Waals surface area contributed by atoms with E-state index in [-0.39, 0.29) is 0 Å². The van der Waals surface area contributed by atoms with Gasteiger partial charge < -0.3 is 8.98 Å². The number of nitrogens with zero attached hydrogens (tertiary/aromatic N) is 1. The lowest BCUT2D eigenvalue weighted by Crippen LogP contribution is -2.10. The summed E-state index contributed by atoms with van der Waals surface area (Å²) in [5.41, 5.74) is 18.5. The second-order valence-electron chi connectivity index (χ2n) is 17.2. The van der Waals surface area contributed by atoms with Crippen molar-refractivity contribution in [1.82, 2.24) is 4.57 Å². The van der Waals surface area contributed by atoms with Gasteiger partial charge >= 0.3 is 0 Å². The molecule has 9 aromatic carbocycles. The average Bonchev–Trinajstić information content (AvgIpc) is 3.97. The Balaban J connectivity index is 1.08. The Bertz CT molecular complexity index is 3780. The largest absolute Gasteiger partial charge is 0.455 e. The number of furan rings is 1. The maximum absolute atomic E-state index is 6.72. The van der Waals surface area contributed by atoms with Gasteiger partial charge in [0.05, 0.1) is 11.0 Å². The monoisotopic (exact) mass is 811 g/mol. The van der Waals surface area contributed by atoms with Crippen molar-refractivity contribution in [3.63, 3.8) is 0 Å². The molecule has 0 N–H and O–H groups in total. The van der Waals surface area contributed by atoms with Crippen molar-refractivity contribution < 1.29 is 4.42 Å². The molecule has 2 unspecified atom stereocenters. The Morgan fingerprint density at radius 2 is 1.23 bits per heavy atom. The fourth-order valence-electron chi connectivity index (χ4n) is 11.0. The first-order valence-electron chi connectivity index (χ1n) is 21.8. The summed E-state index contributed by atoms with van der Waals surface area (Å²) in [6.45, 7) is 4.66. The van der Waals surface area contributed by atoms with E-state index in [0.717, 1.165) is 39.6 Å². The molecule has 13 rings (SSSR count). The molecule has 0 radical (unpaired) electrons. The van der Waals surface area contributed by atoms with Crippen molar-refractivity contribution in [2.75, 3.05) is 0 Å². The van der Waals surface area contributed by atoms with E-state index < -0.39 is 0 Å². The predicted octanol–water partition coefficient (Wildman–Crippen LogP) is 16.8. The highest BCUT2D eigenvalue weighted by Crippen LogP contribution is 2.51. The highest BCUT2D eigenvalue weighted by molar-refractivity contribution is 7.26. The van der Waals surface area contributed by atoms with Gasteiger partial charge in [-0.15, -0.1) is 11.3 Å². The van der Waals surface area contributed by atoms with Crippen LogP contribution in [0.1, 0.15) is 41.0 Å². The van der Waals surface area contributed by atoms with Crippen molar-refractivity contribution >= 4 is 75.3 Å². The van der Waals surface area contributed by atoms with Crippen LogP contribution in [-0.4, -0.2) is 4.57 Å². The topological polar surface area (TPSA) is 18.1 Å². The molecule has 2 nitrogen and oxygen atoms in total. The van der Waals surface area contributed by atoms with Gasteiger partial charge in [0.1, 0.15) is 11.2 Å². The summed E-state index contributed by atoms with van der Waals surface area (Å²) in [6.07, 6.45) is 1.00. The quantitative estimate of drug-likeness (QED) is 0.173. The zero-order valence-electron chi connectivity index (χ0n) is 34.5. The number of hydrogen-bond donors (Lipinski definition) is 0. The zero-order valence-corrected chi connectivity index (χ0v) is 35.3. The van der Waals surface area contributed by atoms with Crippen LogP contribution in [0, 0.1) is 6.92 Å². The van der Waals surface area contributed by atoms with E-state index in [9.17, 15) is 0 Å². The summed E-state index contributed by atoms with van der Waals surface area (Å²) in [5.74, 6) is 0.689. The molecule has 2 atom stereocenters. The van der Waals surface area contributed by atoms with E-state index >= 15 is 0 Å². The Morgan fingerprint density at radius 3 is 2.15 bits per heavy atom. The van der Waals surface area contributed by atoms with Crippen LogP contribution < -0.4 is 0 Å². The Hall–Kier alpha value is -7.20. The number of aryl methyl sites for hydroxylation is 1. The second-order valence-corrected chi connectivity index (χ2v) is 18.3. The number of para-hydroxylation sites is 3. The van der Waals surface area contributed by atoms with Crippen LogP contribution in [-0.2, 0) is 6.42 Å². The third kappa shape index (κ3) is 5.22. The Labute approximate surface area is 363 Å². The standard InChI is InChI=1S/C59H41NOS/c1-35-15-11-17-37(31-35)49-32-38-16-3-4-18-41(38)56-40(36(49)2)22-12-23-44(56)45-24-14-28-53-57(45)48-21-5-8-27-52(48)60(53)39-33-50-43-20-7-10-30-55(43)62-59(50)51(34-39)47-26-13-25-46-42-19-6-9-29-54(42)61-58(46)47/h3-31,33-34,36,49H,32H2,1-2H3. The van der Waals surface area contributed by atoms with E-state index in [0.29, 0.717) is 11.8 Å². The summed E-state index contributed by atoms with van der Waals surface area (Å²) in [6, 6.07) is 70.0. The van der Waals surface area contributed by atoms with Gasteiger partial charge in [0.15, 0.2) is 0 Å². The Kier molecular flexibility index (Phi) is 7.83. The molecular formula is C59H41NOS. The summed E-state index contributed by atoms with van der Waals surface area (Å²) in [4.78, 5) is 0. The van der Waals surface area contributed by atoms with Crippen molar-refractivity contribution in [3.8, 4) is 39.1 Å². The van der Waals surface area contributed by atoms with Crippen molar-refractivity contribution in [2.24, 2.45) is 0 Å². The first kappa shape index (κ1) is 35.5. The molecule has 0 saturated carbocycles. The van der Waals surface area contributed by atoms with Gasteiger partial charge in [0.25, 0.3) is 0 Å². The number of aromatic nitrogens is 1. The van der Waals surface area contributed by atoms with Gasteiger partial charge in [0, 0.05) is 58.5 Å². The third-order valence-electron chi connectivity index (χ3n) is 13.8. The van der Waals surface area contributed by atoms with Crippen molar-refractivity contribution in [1.29, 1.82) is 0 Å². The summed E-state index contributed by atoms with van der Waals surface area (Å²) in [5, 5.41) is 7.34. The minimum Gasteiger partial charge on any atom is -0.455 e. The first-order chi connectivity index (χ1) is 30.6. The molecule has 294 valence electrons. The van der Waals surface area contributed by atoms with E-state index in [1.165, 1.54) is 92.0 Å². The minimum atomic E-state index is 0.321. The van der Waals surface area contributed by atoms with Crippen molar-refractivity contribution in [2.45, 2.75) is 32.1 Å². The second kappa shape index (κ2) is 13.7. The molecular weight excluding hydrogens is 771 g/mol. The fraction of sp³-hybridized carbons (Fsp3) is 0.0847. The van der Waals surface area contributed by atoms with Gasteiger partial charge in [-0.05, 0) is 101 Å². The van der Waals surface area contributed by atoms with Crippen LogP contribution in [0.4, 0.5) is 0 Å². The summed E-state index contributed by atoms with van der Waals surface area (Å²) < 4.78 is 11.8. The third-order valence-corrected chi connectivity index (χ3v) is 15.0. The molecule has 0 bridgehead atoms. The number of thiophene rings is 1. The van der Waals surface area contributed by atoms with Crippen LogP contribution in [0.15, 0.2) is 192 Å². The lowest BCUT2D eigenvalue weighted by atomic mass is 9.79. The van der Waals surface area contributed by atoms with E-state index in [1.807, 2.05) is 11.3 Å². The number of benzene rings is 9. The molecule has 0 fully saturated rings. The zero-order chi connectivity index (χ0) is 41.1. The average molecular weight is 812 g/mol. The maximum Gasteiger partial charge on any atom is 0.143 e. The Morgan fingerprint density at radius 1 is 0.532 bits per heavy atom. The molecule has 3 heteroatoms. The van der Waals surface area contributed by atoms with Gasteiger partial charge in [-0.1, -0.05) is 164 Å². The van der Waals surface area contributed by atoms with Crippen LogP contribution in [0.25, 0.3) is 103 Å². The maximum atomic E-state index is 6.72. The van der Waals surface area contributed by atoms with Gasteiger partial charge in [-0.25, -0.2) is 0 Å². The summed E-state index contributed by atoms with van der Waals surface area (Å²) in [7, 11) is 0. The lowest BCUT2D eigenvalue weighted by Gasteiger charge is -2.25. The van der Waals surface area contributed by atoms with E-state index in [1.54, 1.807) is 0 Å². The van der Waals surface area contributed by atoms with Crippen molar-refractivity contribution in [3.05, 3.63) is 210 Å². The van der Waals surface area contributed by atoms with Crippen LogP contribution in [0.2, 0.25) is 0 Å². The molecule has 3 heterocycles. The highest BCUT2D eigenvalue weighted by atomic mass is 32.1. The predicted molar refractivity (Wildman–Crippen MR) is 263 cm³/mol. The van der Waals surface area contributed by atoms with Crippen LogP contribution in [0.5, 0.6) is 0 Å². The first-order valence-corrected chi connectivity index (χ1v) is 22.6. The molecule has 12 aromatic rings. The normalized spacial score (nSPS) is 15.2. The van der Waals surface area contributed by atoms with Gasteiger partial charge in [-0.2, -0.15) is 0 Å². The lowest BCUT2D eigenvalue weighted by molar-refractivity contribution is 0.579. The number of hydrogen-bond acceptors (Lipinski definition) is 2. The van der Waals surface area contributed by atoms with Crippen LogP contribution >= 0.6 is 11.3 Å². The number of rotatable bonds is 4. The molecule has 1 aliphatic rings. The molecule has 0 saturated heterocycles. The molecule has 1 aliphatic carbocycles. The smallest absolute Gasteiger partial charge is 0.143 e. The van der Waals surface area contributed by atoms with Gasteiger partial charge in [0.2, 0.25) is 0 Å². The fourth-order valence-corrected chi connectivity index (χ4v) is 12.2. The van der Waals surface area contributed by atoms with E-state index in [2.05, 4.69) is 206 Å². The molecule has 62 heavy (non-hydrogen) atoms. The minimum absolute atomic E-state index is 0.321. The highest BCUT2D eigenvalue weighted by Gasteiger charge is 2.31. The summed E-state index contributed by atoms with van der Waals surface area (Å²) >= 11 is 1.87.